The zero-order chi connectivity index (χ0) is 18.3. The lowest BCUT2D eigenvalue weighted by Crippen LogP contribution is -2.33. The predicted octanol–water partition coefficient (Wildman–Crippen LogP) is 2.61. The minimum Gasteiger partial charge on any atom is -0.325 e. The quantitative estimate of drug-likeness (QED) is 0.574. The molecular weight excluding hydrogens is 400 g/mol. The topological polar surface area (TPSA) is 98.1 Å². The molecule has 1 aromatic heterocycles. The second kappa shape index (κ2) is 6.45. The van der Waals surface area contributed by atoms with Crippen molar-refractivity contribution in [2.75, 3.05) is 16.8 Å². The fourth-order valence-corrected chi connectivity index (χ4v) is 3.55. The van der Waals surface area contributed by atoms with Gasteiger partial charge in [0.25, 0.3) is 0 Å². The molecule has 132 valence electrons. The van der Waals surface area contributed by atoms with Crippen LogP contribution in [0.4, 0.5) is 11.4 Å². The maximum atomic E-state index is 12.7. The van der Waals surface area contributed by atoms with Gasteiger partial charge in [-0.2, -0.15) is 0 Å². The van der Waals surface area contributed by atoms with Crippen LogP contribution < -0.4 is 15.9 Å². The number of halogens is 1. The van der Waals surface area contributed by atoms with Crippen LogP contribution in [0, 0.1) is 5.92 Å². The van der Waals surface area contributed by atoms with Crippen LogP contribution in [-0.2, 0) is 9.59 Å². The summed E-state index contributed by atoms with van der Waals surface area (Å²) in [6.45, 7) is 0.498. The number of benzene rings is 2. The molecule has 8 heteroatoms. The predicted molar refractivity (Wildman–Crippen MR) is 102 cm³/mol. The number of carbonyl (C=O) groups is 2. The first-order valence-corrected chi connectivity index (χ1v) is 8.90. The lowest BCUT2D eigenvalue weighted by molar-refractivity contribution is -0.129. The standard InChI is InChI=1S/C18H15BrN4O3/c19-10-2-1-3-12(8-10)23-7-6-13(17(23)25)16(24)20-11-4-5-14-15(9-11)22-18(26)21-14/h1-5,8-9,13H,6-7H2,(H,20,24)(H2,21,22,26). The Labute approximate surface area is 156 Å². The lowest BCUT2D eigenvalue weighted by Gasteiger charge is -2.17. The largest absolute Gasteiger partial charge is 0.325 e. The van der Waals surface area contributed by atoms with Crippen LogP contribution in [0.2, 0.25) is 0 Å². The molecule has 0 bridgehead atoms. The smallest absolute Gasteiger partial charge is 0.323 e. The van der Waals surface area contributed by atoms with Crippen LogP contribution >= 0.6 is 15.9 Å². The Kier molecular flexibility index (Phi) is 4.12. The van der Waals surface area contributed by atoms with E-state index in [0.717, 1.165) is 10.2 Å². The summed E-state index contributed by atoms with van der Waals surface area (Å²) in [5.74, 6) is -1.28. The lowest BCUT2D eigenvalue weighted by atomic mass is 10.1. The number of amides is 2. The van der Waals surface area contributed by atoms with Gasteiger partial charge >= 0.3 is 5.69 Å². The van der Waals surface area contributed by atoms with Crippen molar-refractivity contribution in [3.05, 3.63) is 57.4 Å². The number of hydrogen-bond acceptors (Lipinski definition) is 3. The highest BCUT2D eigenvalue weighted by Crippen LogP contribution is 2.28. The van der Waals surface area contributed by atoms with Gasteiger partial charge < -0.3 is 20.2 Å². The van der Waals surface area contributed by atoms with Gasteiger partial charge in [0.05, 0.1) is 11.0 Å². The van der Waals surface area contributed by atoms with E-state index in [2.05, 4.69) is 31.2 Å². The number of H-pyrrole nitrogens is 2. The third-order valence-electron chi connectivity index (χ3n) is 4.43. The summed E-state index contributed by atoms with van der Waals surface area (Å²) in [4.78, 5) is 43.5. The number of aromatic nitrogens is 2. The van der Waals surface area contributed by atoms with E-state index in [4.69, 9.17) is 0 Å². The highest BCUT2D eigenvalue weighted by molar-refractivity contribution is 9.10. The molecule has 2 amide bonds. The van der Waals surface area contributed by atoms with E-state index in [1.807, 2.05) is 24.3 Å². The van der Waals surface area contributed by atoms with Crippen molar-refractivity contribution in [1.29, 1.82) is 0 Å². The van der Waals surface area contributed by atoms with Crippen molar-refractivity contribution in [2.45, 2.75) is 6.42 Å². The van der Waals surface area contributed by atoms with Gasteiger partial charge in [0.1, 0.15) is 5.92 Å². The third-order valence-corrected chi connectivity index (χ3v) is 4.92. The molecule has 3 N–H and O–H groups in total. The molecule has 1 fully saturated rings. The van der Waals surface area contributed by atoms with Crippen molar-refractivity contribution in [2.24, 2.45) is 5.92 Å². The van der Waals surface area contributed by atoms with Gasteiger partial charge in [-0.05, 0) is 42.8 Å². The summed E-state index contributed by atoms with van der Waals surface area (Å²) in [7, 11) is 0. The fraction of sp³-hybridized carbons (Fsp3) is 0.167. The van der Waals surface area contributed by atoms with Gasteiger partial charge in [-0.25, -0.2) is 4.79 Å². The maximum Gasteiger partial charge on any atom is 0.323 e. The Bertz CT molecular complexity index is 1070. The molecule has 4 rings (SSSR count). The monoisotopic (exact) mass is 414 g/mol. The molecule has 7 nitrogen and oxygen atoms in total. The molecule has 2 aromatic carbocycles. The van der Waals surface area contributed by atoms with Crippen LogP contribution in [0.15, 0.2) is 51.7 Å². The van der Waals surface area contributed by atoms with Crippen LogP contribution in [0.25, 0.3) is 11.0 Å². The molecule has 0 spiro atoms. The summed E-state index contributed by atoms with van der Waals surface area (Å²) < 4.78 is 0.879. The molecule has 1 atom stereocenters. The maximum absolute atomic E-state index is 12.7. The van der Waals surface area contributed by atoms with E-state index < -0.39 is 5.92 Å². The molecule has 26 heavy (non-hydrogen) atoms. The summed E-state index contributed by atoms with van der Waals surface area (Å²) in [6.07, 6.45) is 0.459. The van der Waals surface area contributed by atoms with Crippen molar-refractivity contribution in [3.8, 4) is 0 Å². The van der Waals surface area contributed by atoms with Crippen molar-refractivity contribution >= 4 is 50.2 Å². The van der Waals surface area contributed by atoms with E-state index in [1.54, 1.807) is 23.1 Å². The summed E-state index contributed by atoms with van der Waals surface area (Å²) in [5, 5.41) is 2.77. The van der Waals surface area contributed by atoms with Gasteiger partial charge in [0, 0.05) is 22.4 Å². The van der Waals surface area contributed by atoms with Crippen LogP contribution in [0.1, 0.15) is 6.42 Å². The zero-order valence-electron chi connectivity index (χ0n) is 13.6. The van der Waals surface area contributed by atoms with Gasteiger partial charge in [0.2, 0.25) is 11.8 Å². The number of imidazole rings is 1. The highest BCUT2D eigenvalue weighted by atomic mass is 79.9. The molecule has 2 heterocycles. The number of anilines is 2. The van der Waals surface area contributed by atoms with Gasteiger partial charge in [-0.3, -0.25) is 9.59 Å². The van der Waals surface area contributed by atoms with Gasteiger partial charge in [0.15, 0.2) is 0 Å². The van der Waals surface area contributed by atoms with Crippen molar-refractivity contribution < 1.29 is 9.59 Å². The van der Waals surface area contributed by atoms with E-state index in [-0.39, 0.29) is 17.5 Å². The fourth-order valence-electron chi connectivity index (χ4n) is 3.16. The van der Waals surface area contributed by atoms with Gasteiger partial charge in [-0.15, -0.1) is 0 Å². The Morgan fingerprint density at radius 2 is 1.92 bits per heavy atom. The van der Waals surface area contributed by atoms with Crippen LogP contribution in [0.5, 0.6) is 0 Å². The number of nitrogens with one attached hydrogen (secondary N) is 3. The molecule has 0 saturated carbocycles. The first-order chi connectivity index (χ1) is 12.5. The molecule has 1 saturated heterocycles. The highest BCUT2D eigenvalue weighted by Gasteiger charge is 2.37. The number of carbonyl (C=O) groups excluding carboxylic acids is 2. The number of fused-ring (bicyclic) bond motifs is 1. The van der Waals surface area contributed by atoms with E-state index in [1.165, 1.54) is 0 Å². The first-order valence-electron chi connectivity index (χ1n) is 8.11. The summed E-state index contributed by atoms with van der Waals surface area (Å²) in [5.41, 5.74) is 2.25. The van der Waals surface area contributed by atoms with Crippen LogP contribution in [0.3, 0.4) is 0 Å². The number of nitrogens with zero attached hydrogens (tertiary/aromatic N) is 1. The molecule has 0 aliphatic carbocycles. The normalized spacial score (nSPS) is 17.0. The minimum atomic E-state index is -0.727. The van der Waals surface area contributed by atoms with Crippen molar-refractivity contribution in [3.63, 3.8) is 0 Å². The summed E-state index contributed by atoms with van der Waals surface area (Å²) >= 11 is 3.39. The average Bonchev–Trinajstić information content (AvgIpc) is 3.16. The minimum absolute atomic E-state index is 0.211. The Hall–Kier alpha value is -2.87. The second-order valence-electron chi connectivity index (χ2n) is 6.14. The van der Waals surface area contributed by atoms with Gasteiger partial charge in [-0.1, -0.05) is 22.0 Å². The number of rotatable bonds is 3. The average molecular weight is 415 g/mol. The van der Waals surface area contributed by atoms with Crippen LogP contribution in [-0.4, -0.2) is 28.3 Å². The Morgan fingerprint density at radius 3 is 2.73 bits per heavy atom. The van der Waals surface area contributed by atoms with E-state index in [9.17, 15) is 14.4 Å². The molecule has 3 aromatic rings. The third kappa shape index (κ3) is 3.03. The molecular formula is C18H15BrN4O3. The SMILES string of the molecule is O=C(Nc1ccc2[nH]c(=O)[nH]c2c1)C1CCN(c2cccc(Br)c2)C1=O. The Balaban J connectivity index is 1.51. The second-order valence-corrected chi connectivity index (χ2v) is 7.06. The summed E-state index contributed by atoms with van der Waals surface area (Å²) in [6, 6.07) is 12.5. The molecule has 1 unspecified atom stereocenters. The molecule has 1 aliphatic heterocycles. The van der Waals surface area contributed by atoms with Crippen molar-refractivity contribution in [1.82, 2.24) is 9.97 Å². The zero-order valence-corrected chi connectivity index (χ0v) is 15.2. The molecule has 1 aliphatic rings. The number of aromatic amines is 2. The first kappa shape index (κ1) is 16.6. The Morgan fingerprint density at radius 1 is 1.12 bits per heavy atom. The van der Waals surface area contributed by atoms with E-state index >= 15 is 0 Å². The number of hydrogen-bond donors (Lipinski definition) is 3. The van der Waals surface area contributed by atoms with E-state index in [0.29, 0.717) is 29.7 Å². The molecule has 0 radical (unpaired) electrons.